The SMILES string of the molecule is COC(=O)c1ccc(C)c(NC(=O)c2sc(-c3ccccc3)nc2C)c1. The number of nitrogens with one attached hydrogen (secondary N) is 1. The lowest BCUT2D eigenvalue weighted by Crippen LogP contribution is -2.13. The molecule has 1 aromatic heterocycles. The van der Waals surface area contributed by atoms with Crippen LogP contribution in [0.1, 0.15) is 31.3 Å². The fourth-order valence-electron chi connectivity index (χ4n) is 2.49. The van der Waals surface area contributed by atoms with Crippen molar-refractivity contribution >= 4 is 28.9 Å². The zero-order valence-corrected chi connectivity index (χ0v) is 15.5. The average molecular weight is 366 g/mol. The molecule has 0 unspecified atom stereocenters. The molecule has 0 fully saturated rings. The molecule has 0 aliphatic heterocycles. The molecule has 6 heteroatoms. The van der Waals surface area contributed by atoms with Gasteiger partial charge in [0.15, 0.2) is 0 Å². The first-order valence-corrected chi connectivity index (χ1v) is 8.84. The minimum Gasteiger partial charge on any atom is -0.465 e. The zero-order chi connectivity index (χ0) is 18.7. The molecule has 0 saturated carbocycles. The molecule has 5 nitrogen and oxygen atoms in total. The van der Waals surface area contributed by atoms with Crippen molar-refractivity contribution in [1.29, 1.82) is 0 Å². The summed E-state index contributed by atoms with van der Waals surface area (Å²) in [6.45, 7) is 3.68. The molecule has 1 heterocycles. The molecular formula is C20H18N2O3S. The van der Waals surface area contributed by atoms with Gasteiger partial charge in [0.1, 0.15) is 9.88 Å². The maximum absolute atomic E-state index is 12.7. The molecule has 1 amide bonds. The summed E-state index contributed by atoms with van der Waals surface area (Å²) in [6, 6.07) is 14.8. The van der Waals surface area contributed by atoms with E-state index < -0.39 is 5.97 Å². The van der Waals surface area contributed by atoms with Gasteiger partial charge in [-0.1, -0.05) is 36.4 Å². The maximum Gasteiger partial charge on any atom is 0.337 e. The Morgan fingerprint density at radius 2 is 1.81 bits per heavy atom. The molecule has 0 bridgehead atoms. The van der Waals surface area contributed by atoms with E-state index in [4.69, 9.17) is 4.74 Å². The Hall–Kier alpha value is -2.99. The number of nitrogens with zero attached hydrogens (tertiary/aromatic N) is 1. The molecule has 3 aromatic rings. The van der Waals surface area contributed by atoms with Gasteiger partial charge in [0.2, 0.25) is 0 Å². The monoisotopic (exact) mass is 366 g/mol. The van der Waals surface area contributed by atoms with Crippen LogP contribution in [0.25, 0.3) is 10.6 Å². The van der Waals surface area contributed by atoms with Crippen molar-refractivity contribution in [3.8, 4) is 10.6 Å². The quantitative estimate of drug-likeness (QED) is 0.692. The molecule has 132 valence electrons. The summed E-state index contributed by atoms with van der Waals surface area (Å²) in [5.41, 5.74) is 3.47. The second kappa shape index (κ2) is 7.49. The van der Waals surface area contributed by atoms with Crippen LogP contribution in [0.3, 0.4) is 0 Å². The van der Waals surface area contributed by atoms with E-state index in [1.807, 2.05) is 44.2 Å². The summed E-state index contributed by atoms with van der Waals surface area (Å²) in [5.74, 6) is -0.687. The Labute approximate surface area is 155 Å². The van der Waals surface area contributed by atoms with E-state index >= 15 is 0 Å². The fourth-order valence-corrected chi connectivity index (χ4v) is 3.46. The Balaban J connectivity index is 1.87. The molecule has 0 aliphatic rings. The lowest BCUT2D eigenvalue weighted by Gasteiger charge is -2.09. The summed E-state index contributed by atoms with van der Waals surface area (Å²) >= 11 is 1.35. The molecule has 0 aliphatic carbocycles. The predicted octanol–water partition coefficient (Wildman–Crippen LogP) is 4.47. The molecule has 26 heavy (non-hydrogen) atoms. The summed E-state index contributed by atoms with van der Waals surface area (Å²) in [5, 5.41) is 3.67. The number of benzene rings is 2. The lowest BCUT2D eigenvalue weighted by atomic mass is 10.1. The van der Waals surface area contributed by atoms with Crippen molar-refractivity contribution in [2.75, 3.05) is 12.4 Å². The van der Waals surface area contributed by atoms with Gasteiger partial charge in [0, 0.05) is 11.3 Å². The molecule has 3 rings (SSSR count). The third kappa shape index (κ3) is 3.65. The molecule has 0 spiro atoms. The Bertz CT molecular complexity index is 964. The number of aryl methyl sites for hydroxylation is 2. The van der Waals surface area contributed by atoms with Gasteiger partial charge in [0.25, 0.3) is 5.91 Å². The second-order valence-electron chi connectivity index (χ2n) is 5.77. The average Bonchev–Trinajstić information content (AvgIpc) is 3.05. The molecular weight excluding hydrogens is 348 g/mol. The first-order chi connectivity index (χ1) is 12.5. The highest BCUT2D eigenvalue weighted by Gasteiger charge is 2.18. The van der Waals surface area contributed by atoms with Crippen LogP contribution in [0.5, 0.6) is 0 Å². The van der Waals surface area contributed by atoms with Crippen molar-refractivity contribution in [2.45, 2.75) is 13.8 Å². The summed E-state index contributed by atoms with van der Waals surface area (Å²) in [6.07, 6.45) is 0. The molecule has 0 atom stereocenters. The Morgan fingerprint density at radius 3 is 2.50 bits per heavy atom. The van der Waals surface area contributed by atoms with Gasteiger partial charge < -0.3 is 10.1 Å². The van der Waals surface area contributed by atoms with E-state index in [9.17, 15) is 9.59 Å². The number of amides is 1. The number of rotatable bonds is 4. The Kier molecular flexibility index (Phi) is 5.14. The number of hydrogen-bond donors (Lipinski definition) is 1. The Morgan fingerprint density at radius 1 is 1.08 bits per heavy atom. The number of ether oxygens (including phenoxy) is 1. The largest absolute Gasteiger partial charge is 0.465 e. The number of anilines is 1. The van der Waals surface area contributed by atoms with Gasteiger partial charge in [-0.3, -0.25) is 4.79 Å². The van der Waals surface area contributed by atoms with E-state index in [1.165, 1.54) is 18.4 Å². The number of hydrogen-bond acceptors (Lipinski definition) is 5. The number of methoxy groups -OCH3 is 1. The second-order valence-corrected chi connectivity index (χ2v) is 6.77. The minimum absolute atomic E-state index is 0.243. The normalized spacial score (nSPS) is 10.4. The van der Waals surface area contributed by atoms with Crippen LogP contribution >= 0.6 is 11.3 Å². The molecule has 0 saturated heterocycles. The third-order valence-corrected chi connectivity index (χ3v) is 5.14. The molecule has 1 N–H and O–H groups in total. The van der Waals surface area contributed by atoms with Crippen LogP contribution in [0, 0.1) is 13.8 Å². The minimum atomic E-state index is -0.444. The molecule has 2 aromatic carbocycles. The van der Waals surface area contributed by atoms with Gasteiger partial charge in [-0.2, -0.15) is 0 Å². The van der Waals surface area contributed by atoms with E-state index in [2.05, 4.69) is 10.3 Å². The zero-order valence-electron chi connectivity index (χ0n) is 14.7. The summed E-state index contributed by atoms with van der Waals surface area (Å²) in [4.78, 5) is 29.5. The third-order valence-electron chi connectivity index (χ3n) is 3.93. The smallest absolute Gasteiger partial charge is 0.337 e. The molecule has 0 radical (unpaired) electrons. The van der Waals surface area contributed by atoms with Gasteiger partial charge in [-0.25, -0.2) is 9.78 Å². The number of carbonyl (C=O) groups is 2. The van der Waals surface area contributed by atoms with Crippen LogP contribution in [-0.2, 0) is 4.74 Å². The first-order valence-electron chi connectivity index (χ1n) is 8.02. The van der Waals surface area contributed by atoms with Crippen molar-refractivity contribution in [3.05, 3.63) is 70.2 Å². The lowest BCUT2D eigenvalue weighted by molar-refractivity contribution is 0.0600. The van der Waals surface area contributed by atoms with Crippen LogP contribution in [0.15, 0.2) is 48.5 Å². The van der Waals surface area contributed by atoms with E-state index in [0.29, 0.717) is 21.8 Å². The van der Waals surface area contributed by atoms with Crippen molar-refractivity contribution in [1.82, 2.24) is 4.98 Å². The van der Waals surface area contributed by atoms with E-state index in [0.717, 1.165) is 16.1 Å². The summed E-state index contributed by atoms with van der Waals surface area (Å²) < 4.78 is 4.73. The van der Waals surface area contributed by atoms with Gasteiger partial charge in [-0.05, 0) is 31.5 Å². The number of esters is 1. The van der Waals surface area contributed by atoms with E-state index in [-0.39, 0.29) is 5.91 Å². The number of aromatic nitrogens is 1. The van der Waals surface area contributed by atoms with Gasteiger partial charge in [0.05, 0.1) is 18.4 Å². The standard InChI is InChI=1S/C20H18N2O3S/c1-12-9-10-15(20(24)25-3)11-16(12)22-18(23)17-13(2)21-19(26-17)14-7-5-4-6-8-14/h4-11H,1-3H3,(H,22,23). The fraction of sp³-hybridized carbons (Fsp3) is 0.150. The van der Waals surface area contributed by atoms with Crippen LogP contribution in [0.4, 0.5) is 5.69 Å². The van der Waals surface area contributed by atoms with Gasteiger partial charge >= 0.3 is 5.97 Å². The number of thiazole rings is 1. The highest BCUT2D eigenvalue weighted by molar-refractivity contribution is 7.17. The van der Waals surface area contributed by atoms with Crippen molar-refractivity contribution in [2.24, 2.45) is 0 Å². The predicted molar refractivity (Wildman–Crippen MR) is 103 cm³/mol. The first kappa shape index (κ1) is 17.8. The van der Waals surface area contributed by atoms with Crippen molar-refractivity contribution < 1.29 is 14.3 Å². The highest BCUT2D eigenvalue weighted by atomic mass is 32.1. The maximum atomic E-state index is 12.7. The topological polar surface area (TPSA) is 68.3 Å². The van der Waals surface area contributed by atoms with Gasteiger partial charge in [-0.15, -0.1) is 11.3 Å². The van der Waals surface area contributed by atoms with Crippen LogP contribution < -0.4 is 5.32 Å². The highest BCUT2D eigenvalue weighted by Crippen LogP contribution is 2.29. The van der Waals surface area contributed by atoms with Crippen LogP contribution in [0.2, 0.25) is 0 Å². The summed E-state index contributed by atoms with van der Waals surface area (Å²) in [7, 11) is 1.33. The van der Waals surface area contributed by atoms with E-state index in [1.54, 1.807) is 18.2 Å². The number of carbonyl (C=O) groups excluding carboxylic acids is 2. The van der Waals surface area contributed by atoms with Crippen molar-refractivity contribution in [3.63, 3.8) is 0 Å². The van der Waals surface area contributed by atoms with Crippen LogP contribution in [-0.4, -0.2) is 24.0 Å².